The van der Waals surface area contributed by atoms with Crippen molar-refractivity contribution in [2.24, 2.45) is 0 Å². The predicted octanol–water partition coefficient (Wildman–Crippen LogP) is 4.00. The van der Waals surface area contributed by atoms with E-state index in [0.29, 0.717) is 5.56 Å². The van der Waals surface area contributed by atoms with Gasteiger partial charge in [0.25, 0.3) is 0 Å². The van der Waals surface area contributed by atoms with Crippen LogP contribution in [0.1, 0.15) is 30.6 Å². The lowest BCUT2D eigenvalue weighted by Gasteiger charge is -2.07. The number of ketones is 1. The Hall–Kier alpha value is 0.480. The summed E-state index contributed by atoms with van der Waals surface area (Å²) in [4.78, 5) is 11.9. The Bertz CT molecular complexity index is 415. The molecule has 0 aliphatic rings. The fourth-order valence-electron chi connectivity index (χ4n) is 1.07. The van der Waals surface area contributed by atoms with Crippen LogP contribution < -0.4 is 0 Å². The Morgan fingerprint density at radius 3 is 2.62 bits per heavy atom. The Kier molecular flexibility index (Phi) is 5.84. The average molecular weight is 388 g/mol. The Morgan fingerprint density at radius 2 is 2.19 bits per heavy atom. The summed E-state index contributed by atoms with van der Waals surface area (Å²) >= 11 is 8.10. The van der Waals surface area contributed by atoms with E-state index in [0.717, 1.165) is 14.0 Å². The molecule has 6 heteroatoms. The van der Waals surface area contributed by atoms with Crippen LogP contribution in [-0.4, -0.2) is 21.0 Å². The van der Waals surface area contributed by atoms with Gasteiger partial charge in [-0.25, -0.2) is 0 Å². The molecule has 2 unspecified atom stereocenters. The molecule has 0 bridgehead atoms. The largest absolute Gasteiger partial charge is 0.293 e. The van der Waals surface area contributed by atoms with Gasteiger partial charge in [0.15, 0.2) is 5.78 Å². The summed E-state index contributed by atoms with van der Waals surface area (Å²) in [6, 6.07) is 1.77. The maximum absolute atomic E-state index is 11.9. The van der Waals surface area contributed by atoms with Gasteiger partial charge < -0.3 is 0 Å². The normalized spacial score (nSPS) is 14.8. The smallest absolute Gasteiger partial charge is 0.177 e. The third kappa shape index (κ3) is 3.75. The summed E-state index contributed by atoms with van der Waals surface area (Å²) in [5, 5.41) is 0.0739. The summed E-state index contributed by atoms with van der Waals surface area (Å²) < 4.78 is 13.4. The monoisotopic (exact) mass is 386 g/mol. The summed E-state index contributed by atoms with van der Waals surface area (Å²) in [6.07, 6.45) is 0.828. The lowest BCUT2D eigenvalue weighted by Crippen LogP contribution is -2.19. The molecule has 1 rings (SSSR count). The highest BCUT2D eigenvalue weighted by molar-refractivity contribution is 9.12. The van der Waals surface area contributed by atoms with E-state index in [4.69, 9.17) is 0 Å². The topological polar surface area (TPSA) is 34.1 Å². The molecule has 0 aliphatic heterocycles. The molecular formula is C10H12Br2O2S2. The fourth-order valence-corrected chi connectivity index (χ4v) is 4.99. The standard InChI is InChI=1S/C10H12Br2O2S2/c1-3-6(2)16(14)5-8(13)7-4-9(11)15-10(7)12/h4,6H,3,5H2,1-2H3. The third-order valence-electron chi connectivity index (χ3n) is 2.25. The molecule has 2 atom stereocenters. The van der Waals surface area contributed by atoms with Crippen LogP contribution in [0.15, 0.2) is 13.6 Å². The van der Waals surface area contributed by atoms with E-state index in [-0.39, 0.29) is 16.8 Å². The zero-order valence-electron chi connectivity index (χ0n) is 8.96. The van der Waals surface area contributed by atoms with Crippen LogP contribution in [0.2, 0.25) is 0 Å². The first-order valence-electron chi connectivity index (χ1n) is 4.80. The summed E-state index contributed by atoms with van der Waals surface area (Å²) in [7, 11) is -1.08. The van der Waals surface area contributed by atoms with Gasteiger partial charge in [-0.3, -0.25) is 9.00 Å². The van der Waals surface area contributed by atoms with E-state index in [9.17, 15) is 9.00 Å². The Morgan fingerprint density at radius 1 is 1.56 bits per heavy atom. The molecular weight excluding hydrogens is 376 g/mol. The number of Topliss-reactive ketones (excluding diaryl/α,β-unsaturated/α-hetero) is 1. The van der Waals surface area contributed by atoms with Crippen molar-refractivity contribution in [1.29, 1.82) is 0 Å². The van der Waals surface area contributed by atoms with Crippen molar-refractivity contribution in [2.75, 3.05) is 5.75 Å². The van der Waals surface area contributed by atoms with Crippen LogP contribution in [-0.2, 0) is 10.8 Å². The number of rotatable bonds is 5. The van der Waals surface area contributed by atoms with Crippen molar-refractivity contribution in [2.45, 2.75) is 25.5 Å². The van der Waals surface area contributed by atoms with Crippen molar-refractivity contribution in [3.05, 3.63) is 19.2 Å². The van der Waals surface area contributed by atoms with Gasteiger partial charge in [-0.05, 0) is 44.3 Å². The molecule has 1 aromatic rings. The molecule has 1 heterocycles. The summed E-state index contributed by atoms with van der Waals surface area (Å²) in [6.45, 7) is 3.88. The SMILES string of the molecule is CCC(C)S(=O)CC(=O)c1cc(Br)sc1Br. The number of thiophene rings is 1. The van der Waals surface area contributed by atoms with Crippen LogP contribution in [0, 0.1) is 0 Å². The third-order valence-corrected chi connectivity index (χ3v) is 6.37. The van der Waals surface area contributed by atoms with Crippen LogP contribution in [0.3, 0.4) is 0 Å². The van der Waals surface area contributed by atoms with E-state index in [1.807, 2.05) is 13.8 Å². The molecule has 0 aliphatic carbocycles. The minimum atomic E-state index is -1.08. The van der Waals surface area contributed by atoms with Crippen molar-refractivity contribution < 1.29 is 9.00 Å². The molecule has 90 valence electrons. The molecule has 2 nitrogen and oxygen atoms in total. The van der Waals surface area contributed by atoms with Gasteiger partial charge in [-0.15, -0.1) is 11.3 Å². The van der Waals surface area contributed by atoms with Crippen LogP contribution in [0.5, 0.6) is 0 Å². The molecule has 0 N–H and O–H groups in total. The molecule has 0 fully saturated rings. The highest BCUT2D eigenvalue weighted by Gasteiger charge is 2.18. The van der Waals surface area contributed by atoms with Gasteiger partial charge in [-0.2, -0.15) is 0 Å². The molecule has 0 aromatic carbocycles. The van der Waals surface area contributed by atoms with Crippen molar-refractivity contribution in [1.82, 2.24) is 0 Å². The van der Waals surface area contributed by atoms with E-state index >= 15 is 0 Å². The summed E-state index contributed by atoms with van der Waals surface area (Å²) in [5.74, 6) is 0.0454. The fraction of sp³-hybridized carbons (Fsp3) is 0.500. The lowest BCUT2D eigenvalue weighted by molar-refractivity contribution is 0.102. The first-order chi connectivity index (χ1) is 7.45. The second-order valence-corrected chi connectivity index (χ2v) is 9.01. The first-order valence-corrected chi connectivity index (χ1v) is 8.59. The van der Waals surface area contributed by atoms with E-state index in [2.05, 4.69) is 31.9 Å². The van der Waals surface area contributed by atoms with Crippen molar-refractivity contribution in [3.63, 3.8) is 0 Å². The zero-order chi connectivity index (χ0) is 12.3. The van der Waals surface area contributed by atoms with Gasteiger partial charge >= 0.3 is 0 Å². The van der Waals surface area contributed by atoms with Crippen LogP contribution in [0.25, 0.3) is 0 Å². The highest BCUT2D eigenvalue weighted by Crippen LogP contribution is 2.32. The van der Waals surface area contributed by atoms with Gasteiger partial charge in [0.1, 0.15) is 0 Å². The second-order valence-electron chi connectivity index (χ2n) is 3.41. The zero-order valence-corrected chi connectivity index (χ0v) is 13.8. The first kappa shape index (κ1) is 14.5. The van der Waals surface area contributed by atoms with Crippen LogP contribution >= 0.6 is 43.2 Å². The number of carbonyl (C=O) groups is 1. The number of carbonyl (C=O) groups excluding carboxylic acids is 1. The number of hydrogen-bond donors (Lipinski definition) is 0. The maximum atomic E-state index is 11.9. The van der Waals surface area contributed by atoms with Crippen molar-refractivity contribution >= 4 is 59.8 Å². The lowest BCUT2D eigenvalue weighted by atomic mass is 10.2. The van der Waals surface area contributed by atoms with Gasteiger partial charge in [-0.1, -0.05) is 13.8 Å². The van der Waals surface area contributed by atoms with E-state index in [1.54, 1.807) is 6.07 Å². The minimum Gasteiger partial charge on any atom is -0.293 e. The minimum absolute atomic E-state index is 0.0625. The molecule has 0 radical (unpaired) electrons. The van der Waals surface area contributed by atoms with Gasteiger partial charge in [0.05, 0.1) is 13.3 Å². The summed E-state index contributed by atoms with van der Waals surface area (Å²) in [5.41, 5.74) is 0.619. The number of hydrogen-bond acceptors (Lipinski definition) is 3. The Labute approximate surface area is 119 Å². The number of halogens is 2. The Balaban J connectivity index is 2.73. The van der Waals surface area contributed by atoms with Crippen molar-refractivity contribution in [3.8, 4) is 0 Å². The highest BCUT2D eigenvalue weighted by atomic mass is 79.9. The van der Waals surface area contributed by atoms with E-state index < -0.39 is 10.8 Å². The molecule has 16 heavy (non-hydrogen) atoms. The predicted molar refractivity (Wildman–Crippen MR) is 76.8 cm³/mol. The molecule has 0 saturated carbocycles. The quantitative estimate of drug-likeness (QED) is 0.715. The maximum Gasteiger partial charge on any atom is 0.177 e. The van der Waals surface area contributed by atoms with Gasteiger partial charge in [0, 0.05) is 21.6 Å². The molecule has 0 spiro atoms. The van der Waals surface area contributed by atoms with Gasteiger partial charge in [0.2, 0.25) is 0 Å². The van der Waals surface area contributed by atoms with Crippen LogP contribution in [0.4, 0.5) is 0 Å². The molecule has 1 aromatic heterocycles. The molecule has 0 amide bonds. The second kappa shape index (κ2) is 6.42. The average Bonchev–Trinajstić information content (AvgIpc) is 2.56. The van der Waals surface area contributed by atoms with E-state index in [1.165, 1.54) is 11.3 Å². The molecule has 0 saturated heterocycles.